The first-order chi connectivity index (χ1) is 10.8. The molecular formula is C17H16N2OS2. The van der Waals surface area contributed by atoms with E-state index >= 15 is 0 Å². The largest absolute Gasteiger partial charge is 0.322 e. The molecule has 0 saturated heterocycles. The van der Waals surface area contributed by atoms with Crippen LogP contribution in [0.15, 0.2) is 59.6 Å². The molecule has 0 atom stereocenters. The van der Waals surface area contributed by atoms with Crippen molar-refractivity contribution in [3.05, 3.63) is 65.7 Å². The number of nitrogens with zero attached hydrogens (tertiary/aromatic N) is 1. The molecule has 3 rings (SSSR count). The molecule has 3 nitrogen and oxygen atoms in total. The quantitative estimate of drug-likeness (QED) is 0.911. The molecule has 1 aliphatic rings. The molecule has 2 aromatic carbocycles. The minimum Gasteiger partial charge on any atom is -0.322 e. The number of hydrogen-bond donors (Lipinski definition) is 1. The molecule has 0 unspecified atom stereocenters. The van der Waals surface area contributed by atoms with E-state index in [1.54, 1.807) is 11.8 Å². The molecule has 1 N–H and O–H groups in total. The number of carbonyl (C=O) groups excluding carboxylic acids is 1. The lowest BCUT2D eigenvalue weighted by atomic mass is 10.1. The van der Waals surface area contributed by atoms with Crippen molar-refractivity contribution in [3.63, 3.8) is 0 Å². The summed E-state index contributed by atoms with van der Waals surface area (Å²) in [6.45, 7) is 0.923. The van der Waals surface area contributed by atoms with Crippen molar-refractivity contribution in [3.8, 4) is 0 Å². The molecule has 0 fully saturated rings. The zero-order chi connectivity index (χ0) is 15.2. The van der Waals surface area contributed by atoms with Gasteiger partial charge in [0.15, 0.2) is 0 Å². The monoisotopic (exact) mass is 328 g/mol. The van der Waals surface area contributed by atoms with E-state index in [9.17, 15) is 4.79 Å². The molecule has 1 aliphatic heterocycles. The molecule has 2 aromatic rings. The number of thioether (sulfide) groups is 2. The van der Waals surface area contributed by atoms with E-state index in [0.29, 0.717) is 5.56 Å². The predicted molar refractivity (Wildman–Crippen MR) is 96.9 cm³/mol. The third-order valence-electron chi connectivity index (χ3n) is 3.14. The summed E-state index contributed by atoms with van der Waals surface area (Å²) in [6.07, 6.45) is 0. The highest BCUT2D eigenvalue weighted by molar-refractivity contribution is 8.38. The van der Waals surface area contributed by atoms with Gasteiger partial charge in [-0.15, -0.1) is 0 Å². The molecule has 0 saturated carbocycles. The third kappa shape index (κ3) is 4.15. The number of hydrogen-bond acceptors (Lipinski definition) is 4. The highest BCUT2D eigenvalue weighted by atomic mass is 32.2. The molecule has 0 aliphatic carbocycles. The smallest absolute Gasteiger partial charge is 0.255 e. The summed E-state index contributed by atoms with van der Waals surface area (Å²) in [4.78, 5) is 16.7. The van der Waals surface area contributed by atoms with E-state index in [1.165, 1.54) is 0 Å². The summed E-state index contributed by atoms with van der Waals surface area (Å²) in [5, 5.41) is 2.91. The second-order valence-corrected chi connectivity index (χ2v) is 7.11. The second kappa shape index (κ2) is 7.51. The van der Waals surface area contributed by atoms with Gasteiger partial charge in [-0.3, -0.25) is 9.79 Å². The Balaban J connectivity index is 1.63. The van der Waals surface area contributed by atoms with Crippen molar-refractivity contribution >= 4 is 39.5 Å². The van der Waals surface area contributed by atoms with Crippen molar-refractivity contribution in [2.24, 2.45) is 4.99 Å². The van der Waals surface area contributed by atoms with E-state index in [2.05, 4.69) is 10.3 Å². The summed E-state index contributed by atoms with van der Waals surface area (Å²) in [6, 6.07) is 17.3. The van der Waals surface area contributed by atoms with Gasteiger partial charge in [0.25, 0.3) is 5.91 Å². The fourth-order valence-electron chi connectivity index (χ4n) is 2.08. The Morgan fingerprint density at radius 1 is 1.18 bits per heavy atom. The van der Waals surface area contributed by atoms with Crippen LogP contribution >= 0.6 is 23.5 Å². The van der Waals surface area contributed by atoms with E-state index < -0.39 is 0 Å². The van der Waals surface area contributed by atoms with Crippen LogP contribution in [-0.2, 0) is 5.75 Å². The lowest BCUT2D eigenvalue weighted by molar-refractivity contribution is 0.102. The summed E-state index contributed by atoms with van der Waals surface area (Å²) < 4.78 is 1.15. The van der Waals surface area contributed by atoms with Crippen LogP contribution < -0.4 is 5.32 Å². The average Bonchev–Trinajstić information content (AvgIpc) is 3.08. The molecule has 1 heterocycles. The Bertz CT molecular complexity index is 686. The summed E-state index contributed by atoms with van der Waals surface area (Å²) in [7, 11) is 0. The van der Waals surface area contributed by atoms with Gasteiger partial charge in [0.1, 0.15) is 4.38 Å². The Hall–Kier alpha value is -1.72. The van der Waals surface area contributed by atoms with Crippen LogP contribution in [0.1, 0.15) is 15.9 Å². The first-order valence-electron chi connectivity index (χ1n) is 7.07. The van der Waals surface area contributed by atoms with Crippen LogP contribution in [0.3, 0.4) is 0 Å². The van der Waals surface area contributed by atoms with Crippen molar-refractivity contribution in [2.45, 2.75) is 5.75 Å². The van der Waals surface area contributed by atoms with E-state index in [0.717, 1.165) is 33.7 Å². The second-order valence-electron chi connectivity index (χ2n) is 4.81. The number of carbonyl (C=O) groups is 1. The highest BCUT2D eigenvalue weighted by Gasteiger charge is 2.10. The normalized spacial score (nSPS) is 13.7. The van der Waals surface area contributed by atoms with Gasteiger partial charge in [0, 0.05) is 22.8 Å². The summed E-state index contributed by atoms with van der Waals surface area (Å²) in [5.74, 6) is 1.85. The summed E-state index contributed by atoms with van der Waals surface area (Å²) in [5.41, 5.74) is 2.63. The zero-order valence-electron chi connectivity index (χ0n) is 12.0. The lowest BCUT2D eigenvalue weighted by Crippen LogP contribution is -2.11. The van der Waals surface area contributed by atoms with Crippen molar-refractivity contribution in [1.82, 2.24) is 0 Å². The maximum atomic E-state index is 12.3. The molecule has 5 heteroatoms. The zero-order valence-corrected chi connectivity index (χ0v) is 13.6. The number of anilines is 1. The van der Waals surface area contributed by atoms with Crippen LogP contribution in [0.25, 0.3) is 0 Å². The number of amides is 1. The molecule has 0 bridgehead atoms. The Morgan fingerprint density at radius 2 is 2.05 bits per heavy atom. The fourth-order valence-corrected chi connectivity index (χ4v) is 4.03. The maximum absolute atomic E-state index is 12.3. The van der Waals surface area contributed by atoms with Gasteiger partial charge in [0.05, 0.1) is 6.54 Å². The first-order valence-corrected chi connectivity index (χ1v) is 9.04. The fraction of sp³-hybridized carbons (Fsp3) is 0.176. The van der Waals surface area contributed by atoms with E-state index in [1.807, 2.05) is 66.4 Å². The van der Waals surface area contributed by atoms with Gasteiger partial charge >= 0.3 is 0 Å². The molecule has 0 aromatic heterocycles. The average molecular weight is 328 g/mol. The maximum Gasteiger partial charge on any atom is 0.255 e. The van der Waals surface area contributed by atoms with E-state index in [4.69, 9.17) is 0 Å². The minimum absolute atomic E-state index is 0.0781. The van der Waals surface area contributed by atoms with Crippen LogP contribution in [0.5, 0.6) is 0 Å². The van der Waals surface area contributed by atoms with Gasteiger partial charge in [-0.05, 0) is 29.8 Å². The SMILES string of the molecule is O=C(Nc1ccccc1)c1cccc(CSC2=NCCS2)c1. The molecule has 112 valence electrons. The number of nitrogens with one attached hydrogen (secondary N) is 1. The van der Waals surface area contributed by atoms with Crippen LogP contribution in [0.2, 0.25) is 0 Å². The molecule has 0 spiro atoms. The summed E-state index contributed by atoms with van der Waals surface area (Å²) >= 11 is 3.55. The number of para-hydroxylation sites is 1. The molecule has 1 amide bonds. The van der Waals surface area contributed by atoms with E-state index in [-0.39, 0.29) is 5.91 Å². The van der Waals surface area contributed by atoms with Gasteiger partial charge in [-0.25, -0.2) is 0 Å². The highest BCUT2D eigenvalue weighted by Crippen LogP contribution is 2.25. The third-order valence-corrected chi connectivity index (χ3v) is 5.46. The lowest BCUT2D eigenvalue weighted by Gasteiger charge is -2.07. The molecular weight excluding hydrogens is 312 g/mol. The van der Waals surface area contributed by atoms with Gasteiger partial charge in [0.2, 0.25) is 0 Å². The van der Waals surface area contributed by atoms with Gasteiger partial charge in [-0.1, -0.05) is 53.9 Å². The van der Waals surface area contributed by atoms with Crippen LogP contribution in [0.4, 0.5) is 5.69 Å². The first kappa shape index (κ1) is 15.2. The van der Waals surface area contributed by atoms with Crippen LogP contribution in [-0.4, -0.2) is 22.6 Å². The topological polar surface area (TPSA) is 41.5 Å². The Kier molecular flexibility index (Phi) is 5.19. The Morgan fingerprint density at radius 3 is 2.82 bits per heavy atom. The van der Waals surface area contributed by atoms with Crippen molar-refractivity contribution < 1.29 is 4.79 Å². The molecule has 22 heavy (non-hydrogen) atoms. The van der Waals surface area contributed by atoms with Gasteiger partial charge < -0.3 is 5.32 Å². The van der Waals surface area contributed by atoms with Crippen molar-refractivity contribution in [2.75, 3.05) is 17.6 Å². The molecule has 0 radical (unpaired) electrons. The standard InChI is InChI=1S/C17H16N2OS2/c20-16(19-15-7-2-1-3-8-15)14-6-4-5-13(11-14)12-22-17-18-9-10-21-17/h1-8,11H,9-10,12H2,(H,19,20). The Labute approximate surface area is 138 Å². The van der Waals surface area contributed by atoms with Crippen molar-refractivity contribution in [1.29, 1.82) is 0 Å². The number of rotatable bonds is 4. The number of aliphatic imine (C=N–C) groups is 1. The van der Waals surface area contributed by atoms with Crippen LogP contribution in [0, 0.1) is 0 Å². The van der Waals surface area contributed by atoms with Gasteiger partial charge in [-0.2, -0.15) is 0 Å². The minimum atomic E-state index is -0.0781. The number of benzene rings is 2. The predicted octanol–water partition coefficient (Wildman–Crippen LogP) is 4.27.